The van der Waals surface area contributed by atoms with E-state index in [1.807, 2.05) is 32.5 Å². The van der Waals surface area contributed by atoms with Crippen LogP contribution >= 0.6 is 11.8 Å². The molecule has 128 valence electrons. The molecule has 1 aromatic carbocycles. The number of amides is 1. The number of aryl methyl sites for hydroxylation is 1. The Kier molecular flexibility index (Phi) is 6.40. The zero-order chi connectivity index (χ0) is 16.9. The van der Waals surface area contributed by atoms with Crippen molar-refractivity contribution in [2.24, 2.45) is 5.92 Å². The molecule has 0 saturated heterocycles. The molecule has 1 saturated carbocycles. The molecule has 23 heavy (non-hydrogen) atoms. The molecule has 2 rings (SSSR count). The Labute approximate surface area is 144 Å². The van der Waals surface area contributed by atoms with E-state index in [0.717, 1.165) is 18.8 Å². The second-order valence-electron chi connectivity index (χ2n) is 7.49. The summed E-state index contributed by atoms with van der Waals surface area (Å²) in [5.74, 6) is 1.92. The maximum Gasteiger partial charge on any atom is 0.407 e. The first-order chi connectivity index (χ1) is 10.8. The fourth-order valence-corrected chi connectivity index (χ4v) is 4.07. The Hall–Kier alpha value is -1.16. The van der Waals surface area contributed by atoms with Crippen molar-refractivity contribution in [2.75, 3.05) is 5.75 Å². The molecule has 0 unspecified atom stereocenters. The van der Waals surface area contributed by atoms with Crippen molar-refractivity contribution < 1.29 is 9.53 Å². The summed E-state index contributed by atoms with van der Waals surface area (Å²) in [7, 11) is 0. The zero-order valence-corrected chi connectivity index (χ0v) is 15.5. The lowest BCUT2D eigenvalue weighted by atomic mass is 9.87. The van der Waals surface area contributed by atoms with E-state index in [0.29, 0.717) is 0 Å². The molecule has 0 aliphatic heterocycles. The van der Waals surface area contributed by atoms with Gasteiger partial charge in [-0.05, 0) is 71.4 Å². The minimum Gasteiger partial charge on any atom is -0.444 e. The largest absolute Gasteiger partial charge is 0.444 e. The van der Waals surface area contributed by atoms with Gasteiger partial charge in [0.1, 0.15) is 5.60 Å². The fourth-order valence-electron chi connectivity index (χ4n) is 2.87. The van der Waals surface area contributed by atoms with E-state index in [2.05, 4.69) is 36.5 Å². The van der Waals surface area contributed by atoms with Gasteiger partial charge in [0, 0.05) is 16.7 Å². The highest BCUT2D eigenvalue weighted by molar-refractivity contribution is 7.99. The van der Waals surface area contributed by atoms with Crippen LogP contribution in [0.15, 0.2) is 29.2 Å². The van der Waals surface area contributed by atoms with Gasteiger partial charge in [0.15, 0.2) is 0 Å². The number of ether oxygens (including phenoxy) is 1. The number of carbonyl (C=O) groups is 1. The Morgan fingerprint density at radius 3 is 2.57 bits per heavy atom. The lowest BCUT2D eigenvalue weighted by Gasteiger charge is -2.30. The Morgan fingerprint density at radius 2 is 1.96 bits per heavy atom. The van der Waals surface area contributed by atoms with Gasteiger partial charge >= 0.3 is 6.09 Å². The lowest BCUT2D eigenvalue weighted by molar-refractivity contribution is 0.0488. The molecule has 1 fully saturated rings. The van der Waals surface area contributed by atoms with E-state index >= 15 is 0 Å². The predicted molar refractivity (Wildman–Crippen MR) is 97.0 cm³/mol. The molecular formula is C19H29NO2S. The first-order valence-electron chi connectivity index (χ1n) is 8.51. The third-order valence-corrected chi connectivity index (χ3v) is 5.27. The Balaban J connectivity index is 1.69. The normalized spacial score (nSPS) is 21.7. The highest BCUT2D eigenvalue weighted by Gasteiger charge is 2.24. The summed E-state index contributed by atoms with van der Waals surface area (Å²) < 4.78 is 5.33. The summed E-state index contributed by atoms with van der Waals surface area (Å²) in [6.07, 6.45) is 4.19. The first kappa shape index (κ1) is 18.2. The number of carbonyl (C=O) groups excluding carboxylic acids is 1. The van der Waals surface area contributed by atoms with Crippen molar-refractivity contribution in [3.05, 3.63) is 29.8 Å². The average Bonchev–Trinajstić information content (AvgIpc) is 2.44. The van der Waals surface area contributed by atoms with Gasteiger partial charge < -0.3 is 10.1 Å². The summed E-state index contributed by atoms with van der Waals surface area (Å²) >= 11 is 1.95. The SMILES string of the molecule is Cc1cccc(SC[C@H]2CC[C@H](NC(=O)OC(C)(C)C)CC2)c1. The van der Waals surface area contributed by atoms with Crippen LogP contribution in [0.2, 0.25) is 0 Å². The minimum atomic E-state index is -0.425. The van der Waals surface area contributed by atoms with Gasteiger partial charge in [0.05, 0.1) is 0 Å². The molecule has 0 aromatic heterocycles. The number of hydrogen-bond acceptors (Lipinski definition) is 3. The predicted octanol–water partition coefficient (Wildman–Crippen LogP) is 5.17. The van der Waals surface area contributed by atoms with Crippen LogP contribution in [0.3, 0.4) is 0 Å². The number of alkyl carbamates (subject to hydrolysis) is 1. The second kappa shape index (κ2) is 8.09. The Bertz CT molecular complexity index is 516. The molecule has 4 heteroatoms. The van der Waals surface area contributed by atoms with Gasteiger partial charge in [-0.1, -0.05) is 17.7 Å². The van der Waals surface area contributed by atoms with Crippen LogP contribution in [-0.4, -0.2) is 23.5 Å². The standard InChI is InChI=1S/C19H29NO2S/c1-14-6-5-7-17(12-14)23-13-15-8-10-16(11-9-15)20-18(21)22-19(2,3)4/h5-7,12,15-16H,8-11,13H2,1-4H3,(H,20,21)/t15-,16-. The molecule has 3 nitrogen and oxygen atoms in total. The molecule has 1 aromatic rings. The summed E-state index contributed by atoms with van der Waals surface area (Å²) in [4.78, 5) is 13.2. The third-order valence-electron chi connectivity index (χ3n) is 4.04. The van der Waals surface area contributed by atoms with E-state index in [1.165, 1.54) is 29.1 Å². The van der Waals surface area contributed by atoms with Gasteiger partial charge in [-0.25, -0.2) is 4.79 Å². The summed E-state index contributed by atoms with van der Waals surface area (Å²) in [6.45, 7) is 7.82. The minimum absolute atomic E-state index is 0.269. The van der Waals surface area contributed by atoms with Crippen LogP contribution in [0.5, 0.6) is 0 Å². The third kappa shape index (κ3) is 6.86. The monoisotopic (exact) mass is 335 g/mol. The fraction of sp³-hybridized carbons (Fsp3) is 0.632. The van der Waals surface area contributed by atoms with Crippen LogP contribution in [0, 0.1) is 12.8 Å². The van der Waals surface area contributed by atoms with Crippen molar-refractivity contribution in [3.63, 3.8) is 0 Å². The van der Waals surface area contributed by atoms with Gasteiger partial charge in [-0.3, -0.25) is 0 Å². The van der Waals surface area contributed by atoms with Crippen molar-refractivity contribution in [2.45, 2.75) is 69.9 Å². The molecule has 1 amide bonds. The van der Waals surface area contributed by atoms with Gasteiger partial charge in [-0.15, -0.1) is 11.8 Å². The highest BCUT2D eigenvalue weighted by Crippen LogP contribution is 2.30. The molecular weight excluding hydrogens is 306 g/mol. The molecule has 0 atom stereocenters. The van der Waals surface area contributed by atoms with Crippen LogP contribution in [0.25, 0.3) is 0 Å². The number of thioether (sulfide) groups is 1. The molecule has 0 bridgehead atoms. The molecule has 0 heterocycles. The topological polar surface area (TPSA) is 38.3 Å². The van der Waals surface area contributed by atoms with Crippen molar-refractivity contribution >= 4 is 17.9 Å². The lowest BCUT2D eigenvalue weighted by Crippen LogP contribution is -2.41. The highest BCUT2D eigenvalue weighted by atomic mass is 32.2. The Morgan fingerprint density at radius 1 is 1.26 bits per heavy atom. The number of rotatable bonds is 4. The smallest absolute Gasteiger partial charge is 0.407 e. The molecule has 1 aliphatic carbocycles. The number of nitrogens with one attached hydrogen (secondary N) is 1. The van der Waals surface area contributed by atoms with E-state index in [-0.39, 0.29) is 12.1 Å². The maximum absolute atomic E-state index is 11.8. The van der Waals surface area contributed by atoms with Gasteiger partial charge in [0.25, 0.3) is 0 Å². The second-order valence-corrected chi connectivity index (χ2v) is 8.58. The summed E-state index contributed by atoms with van der Waals surface area (Å²) in [6, 6.07) is 8.97. The van der Waals surface area contributed by atoms with Gasteiger partial charge in [-0.2, -0.15) is 0 Å². The quantitative estimate of drug-likeness (QED) is 0.771. The first-order valence-corrected chi connectivity index (χ1v) is 9.49. The van der Waals surface area contributed by atoms with E-state index in [9.17, 15) is 4.79 Å². The van der Waals surface area contributed by atoms with Crippen molar-refractivity contribution in [1.82, 2.24) is 5.32 Å². The molecule has 0 radical (unpaired) electrons. The maximum atomic E-state index is 11.8. The number of benzene rings is 1. The molecule has 1 aliphatic rings. The van der Waals surface area contributed by atoms with E-state index in [1.54, 1.807) is 0 Å². The molecule has 0 spiro atoms. The van der Waals surface area contributed by atoms with Crippen LogP contribution < -0.4 is 5.32 Å². The van der Waals surface area contributed by atoms with Crippen molar-refractivity contribution in [3.8, 4) is 0 Å². The summed E-state index contributed by atoms with van der Waals surface area (Å²) in [5, 5.41) is 3.01. The zero-order valence-electron chi connectivity index (χ0n) is 14.7. The summed E-state index contributed by atoms with van der Waals surface area (Å²) in [5.41, 5.74) is 0.895. The van der Waals surface area contributed by atoms with Crippen molar-refractivity contribution in [1.29, 1.82) is 0 Å². The number of hydrogen-bond donors (Lipinski definition) is 1. The van der Waals surface area contributed by atoms with Gasteiger partial charge in [0.2, 0.25) is 0 Å². The van der Waals surface area contributed by atoms with E-state index < -0.39 is 5.60 Å². The van der Waals surface area contributed by atoms with Crippen LogP contribution in [0.4, 0.5) is 4.79 Å². The average molecular weight is 336 g/mol. The molecule has 1 N–H and O–H groups in total. The van der Waals surface area contributed by atoms with Crippen LogP contribution in [0.1, 0.15) is 52.0 Å². The van der Waals surface area contributed by atoms with E-state index in [4.69, 9.17) is 4.74 Å². The van der Waals surface area contributed by atoms with Crippen LogP contribution in [-0.2, 0) is 4.74 Å².